The Bertz CT molecular complexity index is 383. The van der Waals surface area contributed by atoms with Gasteiger partial charge in [-0.2, -0.15) is 0 Å². The van der Waals surface area contributed by atoms with Gasteiger partial charge in [-0.3, -0.25) is 0 Å². The van der Waals surface area contributed by atoms with E-state index in [2.05, 4.69) is 21.1 Å². The van der Waals surface area contributed by atoms with Gasteiger partial charge in [0.05, 0.1) is 60.4 Å². The molecule has 3 heterocycles. The highest BCUT2D eigenvalue weighted by Crippen LogP contribution is 1.89. The number of aliphatic carboxylic acids is 2. The second kappa shape index (κ2) is 27.3. The fourth-order valence-electron chi connectivity index (χ4n) is 3.26. The van der Waals surface area contributed by atoms with E-state index in [1.807, 2.05) is 6.92 Å². The monoisotopic (exact) mass is 463 g/mol. The standard InChI is InChI=1S/3C5H11N.C5H10O2.C2H4O2.CH2O2/c3*1-6-4-2-3-5-6;1-2-3-4-5(6)7;1-2(3)4;2-1-3/h3*2-5H2,1H3;2-4H2,1H3,(H,6,7);1H3,(H,3,4);1H,(H,2,3). The Morgan fingerprint density at radius 3 is 1.03 bits per heavy atom. The number of carbonyl (C=O) groups excluding carboxylic acids is 3. The van der Waals surface area contributed by atoms with Gasteiger partial charge in [0.15, 0.2) is 0 Å². The van der Waals surface area contributed by atoms with Crippen LogP contribution in [0.25, 0.3) is 0 Å². The lowest BCUT2D eigenvalue weighted by Gasteiger charge is -1.98. The highest BCUT2D eigenvalue weighted by Gasteiger charge is 2.08. The lowest BCUT2D eigenvalue weighted by molar-refractivity contribution is -0.866. The van der Waals surface area contributed by atoms with Crippen LogP contribution in [0.15, 0.2) is 0 Å². The molecule has 9 heteroatoms. The molecule has 3 aliphatic heterocycles. The molecule has 9 nitrogen and oxygen atoms in total. The maximum Gasteiger partial charge on any atom is 0.0771 e. The number of quaternary nitrogens is 3. The van der Waals surface area contributed by atoms with Gasteiger partial charge in [0.1, 0.15) is 0 Å². The van der Waals surface area contributed by atoms with Crippen LogP contribution in [-0.2, 0) is 14.4 Å². The van der Waals surface area contributed by atoms with Gasteiger partial charge in [-0.25, -0.2) is 0 Å². The predicted molar refractivity (Wildman–Crippen MR) is 119 cm³/mol. The molecule has 0 unspecified atom stereocenters. The normalized spacial score (nSPS) is 17.4. The first-order valence-corrected chi connectivity index (χ1v) is 12.0. The molecule has 0 aromatic heterocycles. The third-order valence-corrected chi connectivity index (χ3v) is 5.11. The molecule has 0 spiro atoms. The molecule has 3 fully saturated rings. The van der Waals surface area contributed by atoms with E-state index in [9.17, 15) is 9.90 Å². The van der Waals surface area contributed by atoms with Gasteiger partial charge in [-0.05, 0) is 19.8 Å². The molecule has 0 bridgehead atoms. The Labute approximate surface area is 195 Å². The molecular formula is C23H49N3O6. The molecule has 3 rings (SSSR count). The zero-order chi connectivity index (χ0) is 25.2. The first-order valence-electron chi connectivity index (χ1n) is 12.0. The summed E-state index contributed by atoms with van der Waals surface area (Å²) in [4.78, 5) is 31.9. The van der Waals surface area contributed by atoms with Crippen LogP contribution in [0.4, 0.5) is 0 Å². The van der Waals surface area contributed by atoms with Crippen LogP contribution in [-0.4, -0.2) is 78.8 Å². The molecule has 0 aromatic carbocycles. The first-order chi connectivity index (χ1) is 15.1. The summed E-state index contributed by atoms with van der Waals surface area (Å²) >= 11 is 0. The summed E-state index contributed by atoms with van der Waals surface area (Å²) in [6, 6.07) is 0. The Hall–Kier alpha value is -1.71. The van der Waals surface area contributed by atoms with Crippen molar-refractivity contribution >= 4 is 18.4 Å². The summed E-state index contributed by atoms with van der Waals surface area (Å²) in [7, 11) is 6.77. The molecule has 3 saturated heterocycles. The zero-order valence-corrected chi connectivity index (χ0v) is 21.1. The van der Waals surface area contributed by atoms with Gasteiger partial charge >= 0.3 is 0 Å². The van der Waals surface area contributed by atoms with Gasteiger partial charge in [0, 0.05) is 56.9 Å². The van der Waals surface area contributed by atoms with Crippen molar-refractivity contribution in [2.24, 2.45) is 0 Å². The van der Waals surface area contributed by atoms with Gasteiger partial charge in [-0.15, -0.1) is 0 Å². The third-order valence-electron chi connectivity index (χ3n) is 5.11. The molecule has 0 saturated carbocycles. The minimum Gasteiger partial charge on any atom is -0.554 e. The molecule has 3 N–H and O–H groups in total. The second-order valence-corrected chi connectivity index (χ2v) is 8.56. The molecule has 0 aromatic rings. The van der Waals surface area contributed by atoms with Gasteiger partial charge in [0.25, 0.3) is 0 Å². The highest BCUT2D eigenvalue weighted by molar-refractivity contribution is 5.64. The van der Waals surface area contributed by atoms with Crippen molar-refractivity contribution in [2.75, 3.05) is 60.4 Å². The molecule has 192 valence electrons. The Morgan fingerprint density at radius 1 is 0.750 bits per heavy atom. The number of carboxylic acid groups (broad SMARTS) is 3. The number of hydrogen-bond donors (Lipinski definition) is 3. The lowest BCUT2D eigenvalue weighted by Crippen LogP contribution is -3.06. The van der Waals surface area contributed by atoms with Crippen LogP contribution in [0.3, 0.4) is 0 Å². The van der Waals surface area contributed by atoms with E-state index in [4.69, 9.17) is 19.8 Å². The summed E-state index contributed by atoms with van der Waals surface area (Å²) in [5.41, 5.74) is 0. The SMILES string of the molecule is CC(=O)[O-].CCCCC(=O)[O-].C[NH+]1CCCC1.C[NH+]1CCCC1.C[NH+]1CCCC1.O=C[O-]. The average Bonchev–Trinajstić information content (AvgIpc) is 3.47. The molecular weight excluding hydrogens is 414 g/mol. The second-order valence-electron chi connectivity index (χ2n) is 8.56. The maximum atomic E-state index is 9.65. The number of carbonyl (C=O) groups is 3. The van der Waals surface area contributed by atoms with E-state index >= 15 is 0 Å². The van der Waals surface area contributed by atoms with Gasteiger partial charge in [-0.1, -0.05) is 13.3 Å². The number of unbranched alkanes of at least 4 members (excludes halogenated alkanes) is 1. The van der Waals surface area contributed by atoms with Crippen molar-refractivity contribution in [3.05, 3.63) is 0 Å². The van der Waals surface area contributed by atoms with E-state index in [1.165, 1.54) is 77.8 Å². The summed E-state index contributed by atoms with van der Waals surface area (Å²) < 4.78 is 0. The van der Waals surface area contributed by atoms with Crippen molar-refractivity contribution in [1.29, 1.82) is 0 Å². The quantitative estimate of drug-likeness (QED) is 0.359. The van der Waals surface area contributed by atoms with E-state index in [0.717, 1.165) is 19.8 Å². The summed E-state index contributed by atoms with van der Waals surface area (Å²) in [6.07, 6.45) is 10.6. The third kappa shape index (κ3) is 38.8. The predicted octanol–water partition coefficient (Wildman–Crippen LogP) is -5.07. The minimum atomic E-state index is -1.08. The van der Waals surface area contributed by atoms with Crippen LogP contribution in [0.1, 0.15) is 71.6 Å². The smallest absolute Gasteiger partial charge is 0.0771 e. The number of rotatable bonds is 3. The summed E-state index contributed by atoms with van der Waals surface area (Å²) in [5.74, 6) is -2.03. The summed E-state index contributed by atoms with van der Waals surface area (Å²) in [5, 5.41) is 26.8. The molecule has 0 aliphatic carbocycles. The molecule has 0 radical (unpaired) electrons. The summed E-state index contributed by atoms with van der Waals surface area (Å²) in [6.45, 7) is 10.8. The fourth-order valence-corrected chi connectivity index (χ4v) is 3.26. The first kappa shape index (κ1) is 34.9. The Kier molecular flexibility index (Phi) is 29.8. The van der Waals surface area contributed by atoms with E-state index in [0.29, 0.717) is 0 Å². The van der Waals surface area contributed by atoms with Crippen LogP contribution >= 0.6 is 0 Å². The van der Waals surface area contributed by atoms with E-state index < -0.39 is 18.4 Å². The number of carboxylic acids is 2. The molecule has 32 heavy (non-hydrogen) atoms. The fraction of sp³-hybridized carbons (Fsp3) is 0.870. The van der Waals surface area contributed by atoms with E-state index in [1.54, 1.807) is 14.7 Å². The minimum absolute atomic E-state index is 0.205. The topological polar surface area (TPSA) is 134 Å². The Morgan fingerprint density at radius 2 is 0.969 bits per heavy atom. The molecule has 3 aliphatic rings. The maximum absolute atomic E-state index is 9.65. The number of likely N-dealkylation sites (tertiary alicyclic amines) is 3. The molecule has 0 amide bonds. The largest absolute Gasteiger partial charge is 0.554 e. The van der Waals surface area contributed by atoms with Crippen LogP contribution in [0, 0.1) is 0 Å². The van der Waals surface area contributed by atoms with Crippen LogP contribution < -0.4 is 30.0 Å². The number of nitrogens with one attached hydrogen (secondary N) is 3. The lowest BCUT2D eigenvalue weighted by atomic mass is 10.3. The van der Waals surface area contributed by atoms with Crippen molar-refractivity contribution < 1.29 is 44.4 Å². The van der Waals surface area contributed by atoms with E-state index in [-0.39, 0.29) is 6.42 Å². The van der Waals surface area contributed by atoms with Gasteiger partial charge in [0.2, 0.25) is 0 Å². The van der Waals surface area contributed by atoms with Crippen molar-refractivity contribution in [3.8, 4) is 0 Å². The van der Waals surface area contributed by atoms with Crippen molar-refractivity contribution in [3.63, 3.8) is 0 Å². The van der Waals surface area contributed by atoms with Crippen LogP contribution in [0.5, 0.6) is 0 Å². The van der Waals surface area contributed by atoms with Crippen molar-refractivity contribution in [2.45, 2.75) is 71.6 Å². The molecule has 0 atom stereocenters. The average molecular weight is 464 g/mol. The zero-order valence-electron chi connectivity index (χ0n) is 21.1. The highest BCUT2D eigenvalue weighted by atomic mass is 16.4. The van der Waals surface area contributed by atoms with Crippen LogP contribution in [0.2, 0.25) is 0 Å². The Balaban J connectivity index is -0.000000321. The van der Waals surface area contributed by atoms with Crippen molar-refractivity contribution in [1.82, 2.24) is 0 Å². The number of hydrogen-bond acceptors (Lipinski definition) is 6. The van der Waals surface area contributed by atoms with Gasteiger partial charge < -0.3 is 44.4 Å².